The summed E-state index contributed by atoms with van der Waals surface area (Å²) < 4.78 is 39.1. The van der Waals surface area contributed by atoms with Crippen molar-refractivity contribution in [3.8, 4) is 0 Å². The average Bonchev–Trinajstić information content (AvgIpc) is 2.83. The molecule has 0 atom stereocenters. The second-order valence-electron chi connectivity index (χ2n) is 3.59. The van der Waals surface area contributed by atoms with Crippen molar-refractivity contribution < 1.29 is 12.8 Å². The predicted molar refractivity (Wildman–Crippen MR) is 63.4 cm³/mol. The van der Waals surface area contributed by atoms with Crippen LogP contribution in [0.4, 0.5) is 10.1 Å². The third kappa shape index (κ3) is 2.66. The number of H-pyrrole nitrogens is 1. The SMILES string of the molecule is Nc1ccc(F)cc1S(=O)(=O)NCc1ccn[nH]1. The number of nitrogens with one attached hydrogen (secondary N) is 2. The van der Waals surface area contributed by atoms with Crippen molar-refractivity contribution in [3.05, 3.63) is 42.0 Å². The normalized spacial score (nSPS) is 11.6. The van der Waals surface area contributed by atoms with Gasteiger partial charge in [0.15, 0.2) is 0 Å². The Hall–Kier alpha value is -1.93. The Labute approximate surface area is 103 Å². The Bertz CT molecular complexity index is 640. The minimum atomic E-state index is -3.85. The molecule has 2 rings (SSSR count). The molecule has 96 valence electrons. The molecule has 1 heterocycles. The highest BCUT2D eigenvalue weighted by atomic mass is 32.2. The standard InChI is InChI=1S/C10H11FN4O2S/c11-7-1-2-9(12)10(5-7)18(16,17)14-6-8-3-4-13-15-8/h1-5,14H,6,12H2,(H,13,15). The number of hydrogen-bond donors (Lipinski definition) is 3. The molecule has 0 fully saturated rings. The maximum atomic E-state index is 13.0. The Morgan fingerprint density at radius 1 is 1.39 bits per heavy atom. The quantitative estimate of drug-likeness (QED) is 0.708. The molecule has 1 aromatic carbocycles. The maximum Gasteiger partial charge on any atom is 0.243 e. The third-order valence-corrected chi connectivity index (χ3v) is 3.73. The van der Waals surface area contributed by atoms with Gasteiger partial charge in [-0.25, -0.2) is 17.5 Å². The summed E-state index contributed by atoms with van der Waals surface area (Å²) in [6, 6.07) is 4.81. The van der Waals surface area contributed by atoms with E-state index in [4.69, 9.17) is 5.73 Å². The fraction of sp³-hybridized carbons (Fsp3) is 0.100. The van der Waals surface area contributed by atoms with E-state index in [9.17, 15) is 12.8 Å². The summed E-state index contributed by atoms with van der Waals surface area (Å²) in [7, 11) is -3.85. The number of halogens is 1. The number of nitrogens with two attached hydrogens (primary N) is 1. The summed E-state index contributed by atoms with van der Waals surface area (Å²) in [6.07, 6.45) is 1.50. The molecule has 0 aliphatic rings. The molecule has 18 heavy (non-hydrogen) atoms. The summed E-state index contributed by atoms with van der Waals surface area (Å²) in [5.74, 6) is -0.661. The van der Waals surface area contributed by atoms with Gasteiger partial charge in [0.25, 0.3) is 0 Å². The van der Waals surface area contributed by atoms with Gasteiger partial charge in [-0.15, -0.1) is 0 Å². The number of rotatable bonds is 4. The lowest BCUT2D eigenvalue weighted by atomic mass is 10.3. The first kappa shape index (κ1) is 12.5. The molecule has 4 N–H and O–H groups in total. The van der Waals surface area contributed by atoms with Crippen molar-refractivity contribution in [1.29, 1.82) is 0 Å². The molecule has 2 aromatic rings. The minimum absolute atomic E-state index is 0.00601. The van der Waals surface area contributed by atoms with Crippen molar-refractivity contribution in [2.75, 3.05) is 5.73 Å². The first-order chi connectivity index (χ1) is 8.49. The van der Waals surface area contributed by atoms with Gasteiger partial charge in [0.1, 0.15) is 10.7 Å². The first-order valence-corrected chi connectivity index (χ1v) is 6.50. The van der Waals surface area contributed by atoms with Gasteiger partial charge in [0.05, 0.1) is 17.9 Å². The average molecular weight is 270 g/mol. The molecule has 0 aliphatic heterocycles. The molecular formula is C10H11FN4O2S. The zero-order chi connectivity index (χ0) is 13.2. The van der Waals surface area contributed by atoms with Crippen LogP contribution in [0.1, 0.15) is 5.69 Å². The molecule has 0 saturated carbocycles. The van der Waals surface area contributed by atoms with Gasteiger partial charge in [0, 0.05) is 6.20 Å². The Morgan fingerprint density at radius 2 is 2.17 bits per heavy atom. The lowest BCUT2D eigenvalue weighted by Gasteiger charge is -2.08. The van der Waals surface area contributed by atoms with Gasteiger partial charge in [0.2, 0.25) is 10.0 Å². The zero-order valence-corrected chi connectivity index (χ0v) is 10.0. The maximum absolute atomic E-state index is 13.0. The van der Waals surface area contributed by atoms with Crippen molar-refractivity contribution in [1.82, 2.24) is 14.9 Å². The molecule has 8 heteroatoms. The molecule has 0 saturated heterocycles. The summed E-state index contributed by atoms with van der Waals surface area (Å²) in [5.41, 5.74) is 6.10. The van der Waals surface area contributed by atoms with Crippen LogP contribution in [-0.4, -0.2) is 18.6 Å². The van der Waals surface area contributed by atoms with Gasteiger partial charge in [-0.3, -0.25) is 5.10 Å². The molecule has 0 amide bonds. The largest absolute Gasteiger partial charge is 0.398 e. The lowest BCUT2D eigenvalue weighted by molar-refractivity contribution is 0.577. The van der Waals surface area contributed by atoms with Crippen LogP contribution in [0.2, 0.25) is 0 Å². The summed E-state index contributed by atoms with van der Waals surface area (Å²) in [5, 5.41) is 6.29. The number of aromatic nitrogens is 2. The van der Waals surface area contributed by atoms with Gasteiger partial charge in [-0.2, -0.15) is 5.10 Å². The minimum Gasteiger partial charge on any atom is -0.398 e. The van der Waals surface area contributed by atoms with Crippen LogP contribution in [0.3, 0.4) is 0 Å². The van der Waals surface area contributed by atoms with Crippen molar-refractivity contribution >= 4 is 15.7 Å². The Kier molecular flexibility index (Phi) is 3.30. The number of anilines is 1. The second kappa shape index (κ2) is 4.75. The number of nitrogen functional groups attached to an aromatic ring is 1. The van der Waals surface area contributed by atoms with Gasteiger partial charge in [-0.05, 0) is 24.3 Å². The Balaban J connectivity index is 2.22. The summed E-state index contributed by atoms with van der Waals surface area (Å²) in [6.45, 7) is 0.0261. The van der Waals surface area contributed by atoms with Crippen LogP contribution in [0, 0.1) is 5.82 Å². The third-order valence-electron chi connectivity index (χ3n) is 2.28. The van der Waals surface area contributed by atoms with Crippen LogP contribution in [0.5, 0.6) is 0 Å². The molecular weight excluding hydrogens is 259 g/mol. The molecule has 1 aromatic heterocycles. The van der Waals surface area contributed by atoms with Crippen molar-refractivity contribution in [3.63, 3.8) is 0 Å². The van der Waals surface area contributed by atoms with E-state index in [1.54, 1.807) is 6.07 Å². The van der Waals surface area contributed by atoms with Gasteiger partial charge in [-0.1, -0.05) is 0 Å². The fourth-order valence-electron chi connectivity index (χ4n) is 1.37. The van der Waals surface area contributed by atoms with E-state index in [0.29, 0.717) is 5.69 Å². The van der Waals surface area contributed by atoms with Gasteiger partial charge < -0.3 is 5.73 Å². The van der Waals surface area contributed by atoms with E-state index in [-0.39, 0.29) is 17.1 Å². The van der Waals surface area contributed by atoms with Crippen LogP contribution in [0.15, 0.2) is 35.4 Å². The van der Waals surface area contributed by atoms with Gasteiger partial charge >= 0.3 is 0 Å². The highest BCUT2D eigenvalue weighted by Crippen LogP contribution is 2.19. The number of benzene rings is 1. The molecule has 6 nitrogen and oxygen atoms in total. The topological polar surface area (TPSA) is 101 Å². The monoisotopic (exact) mass is 270 g/mol. The Morgan fingerprint density at radius 3 is 2.83 bits per heavy atom. The van der Waals surface area contributed by atoms with E-state index in [1.165, 1.54) is 12.3 Å². The van der Waals surface area contributed by atoms with Crippen LogP contribution < -0.4 is 10.5 Å². The van der Waals surface area contributed by atoms with E-state index < -0.39 is 15.8 Å². The van der Waals surface area contributed by atoms with Crippen molar-refractivity contribution in [2.24, 2.45) is 0 Å². The molecule has 0 radical (unpaired) electrons. The van der Waals surface area contributed by atoms with Crippen molar-refractivity contribution in [2.45, 2.75) is 11.4 Å². The highest BCUT2D eigenvalue weighted by molar-refractivity contribution is 7.89. The fourth-order valence-corrected chi connectivity index (χ4v) is 2.52. The van der Waals surface area contributed by atoms with E-state index >= 15 is 0 Å². The van der Waals surface area contributed by atoms with Crippen LogP contribution >= 0.6 is 0 Å². The predicted octanol–water partition coefficient (Wildman–Crippen LogP) is 0.610. The summed E-state index contributed by atoms with van der Waals surface area (Å²) >= 11 is 0. The van der Waals surface area contributed by atoms with E-state index in [0.717, 1.165) is 12.1 Å². The van der Waals surface area contributed by atoms with E-state index in [2.05, 4.69) is 14.9 Å². The molecule has 0 aliphatic carbocycles. The number of nitrogens with zero attached hydrogens (tertiary/aromatic N) is 1. The lowest BCUT2D eigenvalue weighted by Crippen LogP contribution is -2.24. The van der Waals surface area contributed by atoms with E-state index in [1.807, 2.05) is 0 Å². The van der Waals surface area contributed by atoms with Crippen LogP contribution in [0.25, 0.3) is 0 Å². The number of aromatic amines is 1. The molecule has 0 unspecified atom stereocenters. The first-order valence-electron chi connectivity index (χ1n) is 5.02. The highest BCUT2D eigenvalue weighted by Gasteiger charge is 2.18. The number of hydrogen-bond acceptors (Lipinski definition) is 4. The molecule has 0 spiro atoms. The summed E-state index contributed by atoms with van der Waals surface area (Å²) in [4.78, 5) is -0.276. The van der Waals surface area contributed by atoms with Crippen LogP contribution in [-0.2, 0) is 16.6 Å². The number of sulfonamides is 1. The zero-order valence-electron chi connectivity index (χ0n) is 9.22. The second-order valence-corrected chi connectivity index (χ2v) is 5.32. The smallest absolute Gasteiger partial charge is 0.243 e. The molecule has 0 bridgehead atoms.